The summed E-state index contributed by atoms with van der Waals surface area (Å²) in [5.41, 5.74) is 8.28. The maximum atomic E-state index is 12.5. The molecule has 0 aromatic heterocycles. The average Bonchev–Trinajstić information content (AvgIpc) is 2.71. The van der Waals surface area contributed by atoms with E-state index in [-0.39, 0.29) is 49.2 Å². The van der Waals surface area contributed by atoms with Crippen molar-refractivity contribution in [2.45, 2.75) is 32.4 Å². The zero-order valence-electron chi connectivity index (χ0n) is 17.3. The molecule has 2 unspecified atom stereocenters. The number of carbonyl (C=O) groups is 1. The van der Waals surface area contributed by atoms with Crippen LogP contribution < -0.4 is 15.8 Å². The monoisotopic (exact) mass is 441 g/mol. The second kappa shape index (κ2) is 14.2. The van der Waals surface area contributed by atoms with E-state index in [1.54, 1.807) is 7.11 Å². The van der Waals surface area contributed by atoms with Gasteiger partial charge in [0.1, 0.15) is 5.75 Å². The standard InChI is InChI=1S/C22H31N3O2.2ClH/c1-4-25(5-2)21(18-12-9-13-19(14-18)27-3)16-24-22(26)15-20(23)17-10-7-6-8-11-17;;/h6-14,20-21H,4-5,15-16,23H2,1-3H3,(H,24,26);2*1H. The topological polar surface area (TPSA) is 67.6 Å². The summed E-state index contributed by atoms with van der Waals surface area (Å²) in [6.45, 7) is 6.60. The maximum absolute atomic E-state index is 12.5. The van der Waals surface area contributed by atoms with E-state index in [0.717, 1.165) is 30.0 Å². The van der Waals surface area contributed by atoms with Gasteiger partial charge in [-0.2, -0.15) is 0 Å². The van der Waals surface area contributed by atoms with E-state index in [1.807, 2.05) is 48.5 Å². The number of amides is 1. The quantitative estimate of drug-likeness (QED) is 0.581. The van der Waals surface area contributed by atoms with Crippen LogP contribution in [0.5, 0.6) is 5.75 Å². The van der Waals surface area contributed by atoms with Gasteiger partial charge < -0.3 is 15.8 Å². The molecule has 1 amide bonds. The Bertz CT molecular complexity index is 712. The van der Waals surface area contributed by atoms with Gasteiger partial charge in [0, 0.05) is 19.0 Å². The third-order valence-electron chi connectivity index (χ3n) is 4.86. The molecule has 2 aromatic rings. The molecule has 2 atom stereocenters. The normalized spacial score (nSPS) is 12.3. The number of benzene rings is 2. The van der Waals surface area contributed by atoms with E-state index in [9.17, 15) is 4.79 Å². The summed E-state index contributed by atoms with van der Waals surface area (Å²) in [5.74, 6) is 0.786. The largest absolute Gasteiger partial charge is 0.497 e. The van der Waals surface area contributed by atoms with Gasteiger partial charge >= 0.3 is 0 Å². The summed E-state index contributed by atoms with van der Waals surface area (Å²) in [5, 5.41) is 3.07. The lowest BCUT2D eigenvalue weighted by atomic mass is 10.0. The Labute approximate surface area is 186 Å². The third-order valence-corrected chi connectivity index (χ3v) is 4.86. The number of carbonyl (C=O) groups excluding carboxylic acids is 1. The minimum absolute atomic E-state index is 0. The summed E-state index contributed by atoms with van der Waals surface area (Å²) in [7, 11) is 1.66. The molecule has 0 spiro atoms. The van der Waals surface area contributed by atoms with E-state index in [4.69, 9.17) is 10.5 Å². The van der Waals surface area contributed by atoms with E-state index in [0.29, 0.717) is 6.54 Å². The minimum Gasteiger partial charge on any atom is -0.497 e. The van der Waals surface area contributed by atoms with Gasteiger partial charge in [-0.05, 0) is 36.3 Å². The number of hydrogen-bond donors (Lipinski definition) is 2. The highest BCUT2D eigenvalue weighted by Crippen LogP contribution is 2.24. The highest BCUT2D eigenvalue weighted by atomic mass is 35.5. The van der Waals surface area contributed by atoms with Crippen molar-refractivity contribution in [1.82, 2.24) is 10.2 Å². The third kappa shape index (κ3) is 8.23. The number of rotatable bonds is 10. The fourth-order valence-electron chi connectivity index (χ4n) is 3.27. The maximum Gasteiger partial charge on any atom is 0.221 e. The number of hydrogen-bond acceptors (Lipinski definition) is 4. The number of ether oxygens (including phenoxy) is 1. The molecule has 2 rings (SSSR count). The predicted molar refractivity (Wildman–Crippen MR) is 124 cm³/mol. The molecule has 3 N–H and O–H groups in total. The van der Waals surface area contributed by atoms with Gasteiger partial charge in [0.05, 0.1) is 13.2 Å². The molecule has 0 saturated carbocycles. The Morgan fingerprint density at radius 3 is 2.24 bits per heavy atom. The number of halogens is 2. The van der Waals surface area contributed by atoms with Crippen molar-refractivity contribution in [3.05, 3.63) is 65.7 Å². The molecule has 0 saturated heterocycles. The fraction of sp³-hybridized carbons (Fsp3) is 0.409. The van der Waals surface area contributed by atoms with Crippen LogP contribution in [0.2, 0.25) is 0 Å². The van der Waals surface area contributed by atoms with Gasteiger partial charge in [-0.15, -0.1) is 24.8 Å². The van der Waals surface area contributed by atoms with Crippen LogP contribution in [-0.4, -0.2) is 37.6 Å². The molecule has 0 aliphatic carbocycles. The van der Waals surface area contributed by atoms with Crippen LogP contribution in [0.3, 0.4) is 0 Å². The van der Waals surface area contributed by atoms with Crippen LogP contribution in [0.15, 0.2) is 54.6 Å². The van der Waals surface area contributed by atoms with Crippen molar-refractivity contribution in [2.75, 3.05) is 26.7 Å². The molecule has 0 heterocycles. The van der Waals surface area contributed by atoms with Crippen LogP contribution in [0.1, 0.15) is 43.5 Å². The second-order valence-corrected chi connectivity index (χ2v) is 6.54. The molecule has 7 heteroatoms. The summed E-state index contributed by atoms with van der Waals surface area (Å²) >= 11 is 0. The highest BCUT2D eigenvalue weighted by molar-refractivity contribution is 5.85. The first-order valence-corrected chi connectivity index (χ1v) is 9.54. The van der Waals surface area contributed by atoms with Crippen molar-refractivity contribution in [3.8, 4) is 5.75 Å². The van der Waals surface area contributed by atoms with Crippen LogP contribution in [0, 0.1) is 0 Å². The molecular weight excluding hydrogens is 409 g/mol. The Morgan fingerprint density at radius 1 is 1.03 bits per heavy atom. The molecule has 0 fully saturated rings. The number of nitrogens with two attached hydrogens (primary N) is 1. The van der Waals surface area contributed by atoms with E-state index < -0.39 is 0 Å². The van der Waals surface area contributed by atoms with E-state index in [2.05, 4.69) is 30.1 Å². The Balaban J connectivity index is 0.00000392. The number of likely N-dealkylation sites (N-methyl/N-ethyl adjacent to an activating group) is 1. The van der Waals surface area contributed by atoms with Crippen molar-refractivity contribution in [2.24, 2.45) is 5.73 Å². The molecule has 0 aliphatic heterocycles. The van der Waals surface area contributed by atoms with Crippen LogP contribution in [-0.2, 0) is 4.79 Å². The minimum atomic E-state index is -0.296. The average molecular weight is 442 g/mol. The van der Waals surface area contributed by atoms with Crippen LogP contribution >= 0.6 is 24.8 Å². The van der Waals surface area contributed by atoms with Gasteiger partial charge in [-0.3, -0.25) is 9.69 Å². The molecule has 0 bridgehead atoms. The van der Waals surface area contributed by atoms with Crippen molar-refractivity contribution in [3.63, 3.8) is 0 Å². The van der Waals surface area contributed by atoms with Gasteiger partial charge in [0.2, 0.25) is 5.91 Å². The first-order chi connectivity index (χ1) is 13.1. The predicted octanol–water partition coefficient (Wildman–Crippen LogP) is 4.13. The molecule has 0 radical (unpaired) electrons. The van der Waals surface area contributed by atoms with Gasteiger partial charge in [0.25, 0.3) is 0 Å². The van der Waals surface area contributed by atoms with Gasteiger partial charge in [-0.25, -0.2) is 0 Å². The lowest BCUT2D eigenvalue weighted by Gasteiger charge is -2.30. The fourth-order valence-corrected chi connectivity index (χ4v) is 3.27. The molecular formula is C22H33Cl2N3O2. The zero-order chi connectivity index (χ0) is 19.6. The molecule has 29 heavy (non-hydrogen) atoms. The lowest BCUT2D eigenvalue weighted by molar-refractivity contribution is -0.121. The molecule has 162 valence electrons. The highest BCUT2D eigenvalue weighted by Gasteiger charge is 2.20. The molecule has 2 aromatic carbocycles. The van der Waals surface area contributed by atoms with E-state index >= 15 is 0 Å². The number of nitrogens with one attached hydrogen (secondary N) is 1. The first kappa shape index (κ1) is 27.2. The lowest BCUT2D eigenvalue weighted by Crippen LogP contribution is -2.38. The SMILES string of the molecule is CCN(CC)C(CNC(=O)CC(N)c1ccccc1)c1cccc(OC)c1.Cl.Cl. The summed E-state index contributed by atoms with van der Waals surface area (Å²) in [6, 6.07) is 17.5. The van der Waals surface area contributed by atoms with Crippen molar-refractivity contribution in [1.29, 1.82) is 0 Å². The Kier molecular flexibility index (Phi) is 13.4. The van der Waals surface area contributed by atoms with Crippen LogP contribution in [0.25, 0.3) is 0 Å². The van der Waals surface area contributed by atoms with Crippen molar-refractivity contribution < 1.29 is 9.53 Å². The Hall–Kier alpha value is -1.79. The molecule has 5 nitrogen and oxygen atoms in total. The number of nitrogens with zero attached hydrogens (tertiary/aromatic N) is 1. The molecule has 0 aliphatic rings. The van der Waals surface area contributed by atoms with Crippen molar-refractivity contribution >= 4 is 30.7 Å². The van der Waals surface area contributed by atoms with Gasteiger partial charge in [-0.1, -0.05) is 56.3 Å². The zero-order valence-corrected chi connectivity index (χ0v) is 19.0. The smallest absolute Gasteiger partial charge is 0.221 e. The second-order valence-electron chi connectivity index (χ2n) is 6.54. The van der Waals surface area contributed by atoms with Crippen LogP contribution in [0.4, 0.5) is 0 Å². The summed E-state index contributed by atoms with van der Waals surface area (Å²) in [6.07, 6.45) is 0.271. The Morgan fingerprint density at radius 2 is 1.66 bits per heavy atom. The van der Waals surface area contributed by atoms with Gasteiger partial charge in [0.15, 0.2) is 0 Å². The van der Waals surface area contributed by atoms with E-state index in [1.165, 1.54) is 0 Å². The number of methoxy groups -OCH3 is 1. The summed E-state index contributed by atoms with van der Waals surface area (Å²) in [4.78, 5) is 14.8. The first-order valence-electron chi connectivity index (χ1n) is 9.54. The summed E-state index contributed by atoms with van der Waals surface area (Å²) < 4.78 is 5.36.